The first-order valence-electron chi connectivity index (χ1n) is 5.28. The number of barbiturate groups is 1. The van der Waals surface area contributed by atoms with E-state index in [0.717, 1.165) is 9.80 Å². The van der Waals surface area contributed by atoms with Gasteiger partial charge in [0, 0.05) is 19.1 Å². The highest BCUT2D eigenvalue weighted by atomic mass is 35.5. The standard InChI is InChI=1S/C12H11ClN2O3/c1-14-10(16)9(11(17)15(2)12(14)18)7-3-5-8(13)6-4-7/h3-6,9H,1-2H3. The molecule has 1 aromatic carbocycles. The summed E-state index contributed by atoms with van der Waals surface area (Å²) in [4.78, 5) is 37.5. The molecule has 2 rings (SSSR count). The minimum absolute atomic E-state index is 0.521. The van der Waals surface area contributed by atoms with E-state index in [0.29, 0.717) is 10.6 Å². The summed E-state index contributed by atoms with van der Waals surface area (Å²) in [7, 11) is 2.72. The summed E-state index contributed by atoms with van der Waals surface area (Å²) in [6.07, 6.45) is 0. The zero-order valence-electron chi connectivity index (χ0n) is 9.88. The van der Waals surface area contributed by atoms with Gasteiger partial charge in [0.25, 0.3) is 0 Å². The third kappa shape index (κ3) is 1.86. The Labute approximate surface area is 109 Å². The summed E-state index contributed by atoms with van der Waals surface area (Å²) in [6, 6.07) is 5.82. The molecule has 0 N–H and O–H groups in total. The lowest BCUT2D eigenvalue weighted by Crippen LogP contribution is -2.55. The highest BCUT2D eigenvalue weighted by Gasteiger charge is 2.43. The van der Waals surface area contributed by atoms with Gasteiger partial charge in [0.1, 0.15) is 5.92 Å². The van der Waals surface area contributed by atoms with Crippen LogP contribution in [0.25, 0.3) is 0 Å². The number of carbonyl (C=O) groups excluding carboxylic acids is 3. The predicted molar refractivity (Wildman–Crippen MR) is 65.1 cm³/mol. The van der Waals surface area contributed by atoms with E-state index in [9.17, 15) is 14.4 Å². The highest BCUT2D eigenvalue weighted by Crippen LogP contribution is 2.26. The maximum atomic E-state index is 12.0. The van der Waals surface area contributed by atoms with Crippen LogP contribution in [0.2, 0.25) is 5.02 Å². The van der Waals surface area contributed by atoms with E-state index in [1.54, 1.807) is 24.3 Å². The molecule has 0 bridgehead atoms. The molecule has 0 unspecified atom stereocenters. The molecule has 0 aliphatic carbocycles. The fourth-order valence-corrected chi connectivity index (χ4v) is 1.97. The van der Waals surface area contributed by atoms with Crippen molar-refractivity contribution in [3.8, 4) is 0 Å². The lowest BCUT2D eigenvalue weighted by atomic mass is 9.95. The van der Waals surface area contributed by atoms with Gasteiger partial charge in [-0.2, -0.15) is 0 Å². The van der Waals surface area contributed by atoms with Crippen molar-refractivity contribution in [3.63, 3.8) is 0 Å². The molecule has 0 radical (unpaired) electrons. The van der Waals surface area contributed by atoms with E-state index in [1.807, 2.05) is 0 Å². The average Bonchev–Trinajstić information content (AvgIpc) is 2.36. The minimum atomic E-state index is -0.977. The van der Waals surface area contributed by atoms with Crippen molar-refractivity contribution >= 4 is 29.4 Å². The maximum absolute atomic E-state index is 12.0. The number of halogens is 1. The first-order chi connectivity index (χ1) is 8.43. The summed E-state index contributed by atoms with van der Waals surface area (Å²) >= 11 is 5.76. The van der Waals surface area contributed by atoms with Gasteiger partial charge in [0.15, 0.2) is 0 Å². The number of hydrogen-bond donors (Lipinski definition) is 0. The Bertz CT molecular complexity index is 503. The lowest BCUT2D eigenvalue weighted by Gasteiger charge is -2.32. The topological polar surface area (TPSA) is 57.7 Å². The van der Waals surface area contributed by atoms with Gasteiger partial charge in [-0.1, -0.05) is 23.7 Å². The summed E-state index contributed by atoms with van der Waals surface area (Å²) in [5.41, 5.74) is 0.528. The lowest BCUT2D eigenvalue weighted by molar-refractivity contribution is -0.143. The quantitative estimate of drug-likeness (QED) is 0.724. The zero-order chi connectivity index (χ0) is 13.4. The van der Waals surface area contributed by atoms with Crippen molar-refractivity contribution in [1.29, 1.82) is 0 Å². The molecule has 0 atom stereocenters. The van der Waals surface area contributed by atoms with Gasteiger partial charge in [0.05, 0.1) is 0 Å². The molecule has 1 fully saturated rings. The highest BCUT2D eigenvalue weighted by molar-refractivity contribution is 6.30. The molecular weight excluding hydrogens is 256 g/mol. The number of nitrogens with zero attached hydrogens (tertiary/aromatic N) is 2. The van der Waals surface area contributed by atoms with Crippen LogP contribution in [0.1, 0.15) is 11.5 Å². The third-order valence-corrected chi connectivity index (χ3v) is 3.18. The van der Waals surface area contributed by atoms with Gasteiger partial charge in [-0.3, -0.25) is 19.4 Å². The molecular formula is C12H11ClN2O3. The van der Waals surface area contributed by atoms with E-state index in [-0.39, 0.29) is 0 Å². The van der Waals surface area contributed by atoms with Crippen LogP contribution in [0.4, 0.5) is 4.79 Å². The molecule has 18 heavy (non-hydrogen) atoms. The second kappa shape index (κ2) is 4.42. The molecule has 1 aromatic rings. The second-order valence-electron chi connectivity index (χ2n) is 4.06. The molecule has 4 amide bonds. The summed E-state index contributed by atoms with van der Waals surface area (Å²) < 4.78 is 0. The van der Waals surface area contributed by atoms with E-state index in [4.69, 9.17) is 11.6 Å². The van der Waals surface area contributed by atoms with Crippen LogP contribution >= 0.6 is 11.6 Å². The molecule has 5 nitrogen and oxygen atoms in total. The Morgan fingerprint density at radius 1 is 0.944 bits per heavy atom. The van der Waals surface area contributed by atoms with Crippen LogP contribution in [0, 0.1) is 0 Å². The van der Waals surface area contributed by atoms with Crippen LogP contribution in [-0.4, -0.2) is 41.7 Å². The Balaban J connectivity index is 2.43. The van der Waals surface area contributed by atoms with Crippen molar-refractivity contribution in [3.05, 3.63) is 34.9 Å². The Morgan fingerprint density at radius 2 is 1.39 bits per heavy atom. The van der Waals surface area contributed by atoms with Gasteiger partial charge in [0.2, 0.25) is 11.8 Å². The number of likely N-dealkylation sites (N-methyl/N-ethyl adjacent to an activating group) is 2. The van der Waals surface area contributed by atoms with Crippen LogP contribution in [0.3, 0.4) is 0 Å². The summed E-state index contributed by atoms with van der Waals surface area (Å²) in [6.45, 7) is 0. The Kier molecular flexibility index (Phi) is 3.09. The van der Waals surface area contributed by atoms with E-state index < -0.39 is 23.8 Å². The average molecular weight is 267 g/mol. The molecule has 1 heterocycles. The molecule has 1 aliphatic heterocycles. The second-order valence-corrected chi connectivity index (χ2v) is 4.50. The molecule has 1 saturated heterocycles. The number of hydrogen-bond acceptors (Lipinski definition) is 3. The van der Waals surface area contributed by atoms with Crippen molar-refractivity contribution in [2.24, 2.45) is 0 Å². The zero-order valence-corrected chi connectivity index (χ0v) is 10.6. The normalized spacial score (nSPS) is 17.6. The SMILES string of the molecule is CN1C(=O)C(c2ccc(Cl)cc2)C(=O)N(C)C1=O. The number of imide groups is 2. The van der Waals surface area contributed by atoms with Crippen molar-refractivity contribution in [2.45, 2.75) is 5.92 Å². The smallest absolute Gasteiger partial charge is 0.273 e. The van der Waals surface area contributed by atoms with Crippen molar-refractivity contribution in [2.75, 3.05) is 14.1 Å². The van der Waals surface area contributed by atoms with Gasteiger partial charge in [-0.25, -0.2) is 4.79 Å². The monoisotopic (exact) mass is 266 g/mol. The molecule has 6 heteroatoms. The predicted octanol–water partition coefficient (Wildman–Crippen LogP) is 1.47. The number of urea groups is 1. The van der Waals surface area contributed by atoms with E-state index in [2.05, 4.69) is 0 Å². The molecule has 0 saturated carbocycles. The number of rotatable bonds is 1. The van der Waals surface area contributed by atoms with Gasteiger partial charge in [-0.05, 0) is 17.7 Å². The first kappa shape index (κ1) is 12.6. The van der Waals surface area contributed by atoms with Gasteiger partial charge in [-0.15, -0.1) is 0 Å². The Hall–Kier alpha value is -1.88. The van der Waals surface area contributed by atoms with Gasteiger partial charge >= 0.3 is 6.03 Å². The molecule has 94 valence electrons. The first-order valence-corrected chi connectivity index (χ1v) is 5.66. The summed E-state index contributed by atoms with van der Waals surface area (Å²) in [5, 5.41) is 0.521. The number of amides is 4. The number of benzene rings is 1. The third-order valence-electron chi connectivity index (χ3n) is 2.93. The van der Waals surface area contributed by atoms with Crippen LogP contribution in [0.5, 0.6) is 0 Å². The molecule has 0 spiro atoms. The fraction of sp³-hybridized carbons (Fsp3) is 0.250. The molecule has 1 aliphatic rings. The van der Waals surface area contributed by atoms with Crippen molar-refractivity contribution in [1.82, 2.24) is 9.80 Å². The van der Waals surface area contributed by atoms with Gasteiger partial charge < -0.3 is 0 Å². The van der Waals surface area contributed by atoms with E-state index >= 15 is 0 Å². The van der Waals surface area contributed by atoms with Crippen LogP contribution in [-0.2, 0) is 9.59 Å². The molecule has 0 aromatic heterocycles. The van der Waals surface area contributed by atoms with Crippen molar-refractivity contribution < 1.29 is 14.4 Å². The van der Waals surface area contributed by atoms with Crippen LogP contribution < -0.4 is 0 Å². The Morgan fingerprint density at radius 3 is 1.83 bits per heavy atom. The van der Waals surface area contributed by atoms with Crippen LogP contribution in [0.15, 0.2) is 24.3 Å². The van der Waals surface area contributed by atoms with E-state index in [1.165, 1.54) is 14.1 Å². The summed E-state index contributed by atoms with van der Waals surface area (Å²) in [5.74, 6) is -2.02. The minimum Gasteiger partial charge on any atom is -0.273 e. The fourth-order valence-electron chi connectivity index (χ4n) is 1.85. The maximum Gasteiger partial charge on any atom is 0.332 e. The largest absolute Gasteiger partial charge is 0.332 e. The number of carbonyl (C=O) groups is 3.